The van der Waals surface area contributed by atoms with Gasteiger partial charge in [-0.3, -0.25) is 4.90 Å². The second kappa shape index (κ2) is 5.14. The van der Waals surface area contributed by atoms with Crippen molar-refractivity contribution in [1.29, 1.82) is 0 Å². The second-order valence-corrected chi connectivity index (χ2v) is 5.11. The van der Waals surface area contributed by atoms with Gasteiger partial charge in [-0.15, -0.1) is 0 Å². The molecule has 5 nitrogen and oxygen atoms in total. The van der Waals surface area contributed by atoms with Crippen LogP contribution in [0.3, 0.4) is 0 Å². The topological polar surface area (TPSA) is 62.4 Å². The number of hydrogen-bond donors (Lipinski definition) is 1. The molecule has 1 aliphatic rings. The minimum atomic E-state index is -0.223. The summed E-state index contributed by atoms with van der Waals surface area (Å²) in [5.74, 6) is 1.69. The van der Waals surface area contributed by atoms with E-state index in [0.717, 1.165) is 25.2 Å². The number of aliphatic hydroxyl groups excluding tert-OH is 1. The first-order valence-corrected chi connectivity index (χ1v) is 6.33. The van der Waals surface area contributed by atoms with Gasteiger partial charge in [0.1, 0.15) is 0 Å². The Hall–Kier alpha value is -0.940. The molecule has 0 unspecified atom stereocenters. The molecule has 2 rings (SSSR count). The molecule has 1 aromatic rings. The van der Waals surface area contributed by atoms with Gasteiger partial charge >= 0.3 is 0 Å². The summed E-state index contributed by atoms with van der Waals surface area (Å²) in [5, 5.41) is 13.6. The molecule has 1 aliphatic heterocycles. The maximum atomic E-state index is 9.66. The van der Waals surface area contributed by atoms with Gasteiger partial charge in [-0.25, -0.2) is 0 Å². The van der Waals surface area contributed by atoms with E-state index < -0.39 is 0 Å². The van der Waals surface area contributed by atoms with Gasteiger partial charge in [-0.05, 0) is 26.3 Å². The van der Waals surface area contributed by atoms with E-state index in [2.05, 4.69) is 22.0 Å². The molecule has 1 saturated heterocycles. The fraction of sp³-hybridized carbons (Fsp3) is 0.833. The standard InChI is InChI=1S/C12H21N3O2/c1-8(2)11-13-12(17-14-11)9(3)15-6-4-5-10(16)7-15/h8-10,16H,4-7H2,1-3H3/t9-,10-/m1/s1. The molecule has 0 saturated carbocycles. The van der Waals surface area contributed by atoms with Gasteiger partial charge in [0.25, 0.3) is 0 Å². The maximum absolute atomic E-state index is 9.66. The summed E-state index contributed by atoms with van der Waals surface area (Å²) in [6.45, 7) is 7.82. The van der Waals surface area contributed by atoms with Crippen molar-refractivity contribution in [3.8, 4) is 0 Å². The largest absolute Gasteiger partial charge is 0.392 e. The average Bonchev–Trinajstić information content (AvgIpc) is 2.77. The minimum Gasteiger partial charge on any atom is -0.392 e. The summed E-state index contributed by atoms with van der Waals surface area (Å²) in [7, 11) is 0. The van der Waals surface area contributed by atoms with Crippen LogP contribution in [0.5, 0.6) is 0 Å². The van der Waals surface area contributed by atoms with Crippen LogP contribution in [0.4, 0.5) is 0 Å². The van der Waals surface area contributed by atoms with E-state index >= 15 is 0 Å². The monoisotopic (exact) mass is 239 g/mol. The van der Waals surface area contributed by atoms with Crippen molar-refractivity contribution < 1.29 is 9.63 Å². The van der Waals surface area contributed by atoms with Crippen molar-refractivity contribution in [1.82, 2.24) is 15.0 Å². The molecule has 96 valence electrons. The average molecular weight is 239 g/mol. The number of hydrogen-bond acceptors (Lipinski definition) is 5. The fourth-order valence-electron chi connectivity index (χ4n) is 2.14. The minimum absolute atomic E-state index is 0.0879. The lowest BCUT2D eigenvalue weighted by Crippen LogP contribution is -2.39. The summed E-state index contributed by atoms with van der Waals surface area (Å²) in [4.78, 5) is 6.61. The summed E-state index contributed by atoms with van der Waals surface area (Å²) in [6, 6.07) is 0.0879. The van der Waals surface area contributed by atoms with Crippen LogP contribution in [0.2, 0.25) is 0 Å². The van der Waals surface area contributed by atoms with Crippen molar-refractivity contribution in [2.24, 2.45) is 0 Å². The molecule has 0 aliphatic carbocycles. The van der Waals surface area contributed by atoms with E-state index in [-0.39, 0.29) is 18.1 Å². The van der Waals surface area contributed by atoms with Crippen molar-refractivity contribution >= 4 is 0 Å². The van der Waals surface area contributed by atoms with Crippen LogP contribution >= 0.6 is 0 Å². The Morgan fingerprint density at radius 1 is 1.41 bits per heavy atom. The van der Waals surface area contributed by atoms with Crippen LogP contribution in [-0.2, 0) is 0 Å². The molecule has 1 fully saturated rings. The summed E-state index contributed by atoms with van der Waals surface area (Å²) < 4.78 is 5.29. The highest BCUT2D eigenvalue weighted by atomic mass is 16.5. The molecule has 2 atom stereocenters. The number of likely N-dealkylation sites (tertiary alicyclic amines) is 1. The van der Waals surface area contributed by atoms with Gasteiger partial charge < -0.3 is 9.63 Å². The fourth-order valence-corrected chi connectivity index (χ4v) is 2.14. The van der Waals surface area contributed by atoms with Crippen molar-refractivity contribution in [2.75, 3.05) is 13.1 Å². The number of nitrogens with zero attached hydrogens (tertiary/aromatic N) is 3. The normalized spacial score (nSPS) is 24.2. The van der Waals surface area contributed by atoms with Crippen LogP contribution in [0.15, 0.2) is 4.52 Å². The van der Waals surface area contributed by atoms with Gasteiger partial charge in [0, 0.05) is 12.5 Å². The molecule has 0 spiro atoms. The van der Waals surface area contributed by atoms with E-state index in [1.54, 1.807) is 0 Å². The lowest BCUT2D eigenvalue weighted by atomic mass is 10.1. The highest BCUT2D eigenvalue weighted by Gasteiger charge is 2.26. The maximum Gasteiger partial charge on any atom is 0.243 e. The summed E-state index contributed by atoms with van der Waals surface area (Å²) >= 11 is 0. The van der Waals surface area contributed by atoms with Crippen molar-refractivity contribution in [3.05, 3.63) is 11.7 Å². The van der Waals surface area contributed by atoms with Gasteiger partial charge in [0.05, 0.1) is 12.1 Å². The summed E-state index contributed by atoms with van der Waals surface area (Å²) in [6.07, 6.45) is 1.69. The lowest BCUT2D eigenvalue weighted by molar-refractivity contribution is 0.0422. The van der Waals surface area contributed by atoms with E-state index in [4.69, 9.17) is 4.52 Å². The predicted octanol–water partition coefficient (Wildman–Crippen LogP) is 1.71. The van der Waals surface area contributed by atoms with Gasteiger partial charge in [-0.2, -0.15) is 4.98 Å². The quantitative estimate of drug-likeness (QED) is 0.870. The Kier molecular flexibility index (Phi) is 3.79. The molecule has 0 aromatic carbocycles. The van der Waals surface area contributed by atoms with Crippen LogP contribution in [0.25, 0.3) is 0 Å². The number of β-amino-alcohol motifs (C(OH)–C–C–N with tert-alkyl or cyclic N) is 1. The Morgan fingerprint density at radius 2 is 2.18 bits per heavy atom. The SMILES string of the molecule is CC(C)c1noc([C@@H](C)N2CCC[C@@H](O)C2)n1. The molecule has 0 amide bonds. The van der Waals surface area contributed by atoms with Crippen LogP contribution in [-0.4, -0.2) is 39.3 Å². The van der Waals surface area contributed by atoms with Crippen molar-refractivity contribution in [2.45, 2.75) is 51.7 Å². The second-order valence-electron chi connectivity index (χ2n) is 5.11. The first kappa shape index (κ1) is 12.5. The molecular weight excluding hydrogens is 218 g/mol. The highest BCUT2D eigenvalue weighted by molar-refractivity contribution is 4.96. The first-order valence-electron chi connectivity index (χ1n) is 6.33. The lowest BCUT2D eigenvalue weighted by Gasteiger charge is -2.32. The third-order valence-electron chi connectivity index (χ3n) is 3.31. The van der Waals surface area contributed by atoms with Gasteiger partial charge in [0.15, 0.2) is 5.82 Å². The Labute approximate surface area is 102 Å². The van der Waals surface area contributed by atoms with Crippen LogP contribution in [0, 0.1) is 0 Å². The Balaban J connectivity index is 2.04. The van der Waals surface area contributed by atoms with E-state index in [0.29, 0.717) is 12.4 Å². The Bertz CT molecular complexity index is 364. The number of piperidine rings is 1. The molecule has 1 N–H and O–H groups in total. The van der Waals surface area contributed by atoms with Gasteiger partial charge in [-0.1, -0.05) is 19.0 Å². The molecule has 5 heteroatoms. The van der Waals surface area contributed by atoms with E-state index in [1.807, 2.05) is 13.8 Å². The van der Waals surface area contributed by atoms with E-state index in [9.17, 15) is 5.11 Å². The third-order valence-corrected chi connectivity index (χ3v) is 3.31. The smallest absolute Gasteiger partial charge is 0.243 e. The summed E-state index contributed by atoms with van der Waals surface area (Å²) in [5.41, 5.74) is 0. The van der Waals surface area contributed by atoms with Gasteiger partial charge in [0.2, 0.25) is 5.89 Å². The van der Waals surface area contributed by atoms with E-state index in [1.165, 1.54) is 0 Å². The zero-order chi connectivity index (χ0) is 12.4. The first-order chi connectivity index (χ1) is 8.08. The third kappa shape index (κ3) is 2.84. The number of rotatable bonds is 3. The Morgan fingerprint density at radius 3 is 2.76 bits per heavy atom. The molecular formula is C12H21N3O2. The zero-order valence-corrected chi connectivity index (χ0v) is 10.8. The number of aromatic nitrogens is 2. The molecule has 1 aromatic heterocycles. The highest BCUT2D eigenvalue weighted by Crippen LogP contribution is 2.24. The predicted molar refractivity (Wildman–Crippen MR) is 63.6 cm³/mol. The molecule has 0 bridgehead atoms. The zero-order valence-electron chi connectivity index (χ0n) is 10.8. The molecule has 0 radical (unpaired) electrons. The van der Waals surface area contributed by atoms with Crippen molar-refractivity contribution in [3.63, 3.8) is 0 Å². The van der Waals surface area contributed by atoms with Crippen LogP contribution in [0.1, 0.15) is 57.3 Å². The molecule has 2 heterocycles. The number of aliphatic hydroxyl groups is 1. The van der Waals surface area contributed by atoms with Crippen LogP contribution < -0.4 is 0 Å². The molecule has 17 heavy (non-hydrogen) atoms.